The van der Waals surface area contributed by atoms with Gasteiger partial charge in [-0.3, -0.25) is 9.78 Å². The Labute approximate surface area is 129 Å². The summed E-state index contributed by atoms with van der Waals surface area (Å²) in [5.41, 5.74) is 1.29. The minimum atomic E-state index is -3.91. The number of aryl methyl sites for hydroxylation is 1. The van der Waals surface area contributed by atoms with Gasteiger partial charge in [-0.05, 0) is 31.0 Å². The van der Waals surface area contributed by atoms with E-state index in [1.807, 2.05) is 13.0 Å². The molecule has 0 aliphatic rings. The zero-order chi connectivity index (χ0) is 16.3. The summed E-state index contributed by atoms with van der Waals surface area (Å²) < 4.78 is 26.5. The van der Waals surface area contributed by atoms with Gasteiger partial charge in [-0.2, -0.15) is 4.31 Å². The Morgan fingerprint density at radius 2 is 2.09 bits per heavy atom. The van der Waals surface area contributed by atoms with E-state index in [-0.39, 0.29) is 11.4 Å². The predicted octanol–water partition coefficient (Wildman–Crippen LogP) is 2.03. The van der Waals surface area contributed by atoms with Crippen LogP contribution in [0.25, 0.3) is 10.9 Å². The van der Waals surface area contributed by atoms with Crippen LogP contribution in [0.5, 0.6) is 0 Å². The van der Waals surface area contributed by atoms with Gasteiger partial charge in [0.2, 0.25) is 10.0 Å². The van der Waals surface area contributed by atoms with Gasteiger partial charge in [0.15, 0.2) is 0 Å². The molecule has 6 nitrogen and oxygen atoms in total. The molecule has 0 aliphatic carbocycles. The minimum Gasteiger partial charge on any atom is -0.480 e. The third-order valence-corrected chi connectivity index (χ3v) is 5.09. The number of rotatable bonds is 6. The average Bonchev–Trinajstić information content (AvgIpc) is 2.45. The van der Waals surface area contributed by atoms with Crippen LogP contribution in [0.3, 0.4) is 0 Å². The zero-order valence-corrected chi connectivity index (χ0v) is 13.3. The predicted molar refractivity (Wildman–Crippen MR) is 83.2 cm³/mol. The fourth-order valence-corrected chi connectivity index (χ4v) is 3.92. The van der Waals surface area contributed by atoms with Crippen molar-refractivity contribution in [2.75, 3.05) is 13.1 Å². The van der Waals surface area contributed by atoms with Crippen molar-refractivity contribution in [2.24, 2.45) is 0 Å². The molecule has 0 spiro atoms. The van der Waals surface area contributed by atoms with Gasteiger partial charge < -0.3 is 5.11 Å². The van der Waals surface area contributed by atoms with Crippen LogP contribution in [-0.4, -0.2) is 41.9 Å². The average molecular weight is 322 g/mol. The van der Waals surface area contributed by atoms with E-state index >= 15 is 0 Å². The van der Waals surface area contributed by atoms with Crippen molar-refractivity contribution in [1.29, 1.82) is 0 Å². The first-order valence-corrected chi connectivity index (χ1v) is 8.37. The van der Waals surface area contributed by atoms with E-state index in [2.05, 4.69) is 4.98 Å². The maximum atomic E-state index is 12.8. The van der Waals surface area contributed by atoms with Crippen LogP contribution >= 0.6 is 0 Å². The van der Waals surface area contributed by atoms with E-state index in [4.69, 9.17) is 5.11 Å². The summed E-state index contributed by atoms with van der Waals surface area (Å²) in [5.74, 6) is -1.18. The molecule has 118 valence electrons. The number of carboxylic acids is 1. The Bertz CT molecular complexity index is 802. The second-order valence-electron chi connectivity index (χ2n) is 5.07. The lowest BCUT2D eigenvalue weighted by atomic mass is 10.2. The van der Waals surface area contributed by atoms with Gasteiger partial charge in [-0.15, -0.1) is 0 Å². The minimum absolute atomic E-state index is 0.0414. The molecule has 2 aromatic rings. The molecule has 0 amide bonds. The quantitative estimate of drug-likeness (QED) is 0.879. The Balaban J connectivity index is 2.59. The molecule has 0 saturated heterocycles. The number of carbonyl (C=O) groups is 1. The first-order chi connectivity index (χ1) is 10.4. The number of aromatic nitrogens is 1. The van der Waals surface area contributed by atoms with Crippen LogP contribution in [0.2, 0.25) is 0 Å². The monoisotopic (exact) mass is 322 g/mol. The maximum Gasteiger partial charge on any atom is 0.318 e. The number of pyridine rings is 1. The number of sulfonamides is 1. The Morgan fingerprint density at radius 1 is 1.36 bits per heavy atom. The lowest BCUT2D eigenvalue weighted by molar-refractivity contribution is -0.137. The van der Waals surface area contributed by atoms with Gasteiger partial charge in [0, 0.05) is 18.1 Å². The van der Waals surface area contributed by atoms with Crippen LogP contribution < -0.4 is 0 Å². The number of nitrogens with zero attached hydrogens (tertiary/aromatic N) is 2. The van der Waals surface area contributed by atoms with E-state index in [9.17, 15) is 13.2 Å². The molecule has 0 atom stereocenters. The van der Waals surface area contributed by atoms with E-state index < -0.39 is 22.5 Å². The fourth-order valence-electron chi connectivity index (χ4n) is 2.27. The van der Waals surface area contributed by atoms with Gasteiger partial charge in [0.25, 0.3) is 0 Å². The highest BCUT2D eigenvalue weighted by molar-refractivity contribution is 7.89. The van der Waals surface area contributed by atoms with Crippen molar-refractivity contribution in [2.45, 2.75) is 25.2 Å². The normalized spacial score (nSPS) is 12.0. The van der Waals surface area contributed by atoms with E-state index in [1.165, 1.54) is 6.07 Å². The molecule has 0 fully saturated rings. The molecule has 1 aromatic heterocycles. The third kappa shape index (κ3) is 3.26. The Kier molecular flexibility index (Phi) is 4.77. The second-order valence-corrected chi connectivity index (χ2v) is 6.98. The van der Waals surface area contributed by atoms with Gasteiger partial charge >= 0.3 is 5.97 Å². The highest BCUT2D eigenvalue weighted by Gasteiger charge is 2.28. The molecular formula is C15H18N2O4S. The first kappa shape index (κ1) is 16.4. The van der Waals surface area contributed by atoms with Crippen LogP contribution in [0.1, 0.15) is 18.9 Å². The molecule has 0 radical (unpaired) electrons. The number of hydrogen-bond acceptors (Lipinski definition) is 4. The molecular weight excluding hydrogens is 304 g/mol. The molecule has 1 heterocycles. The van der Waals surface area contributed by atoms with Crippen molar-refractivity contribution in [3.63, 3.8) is 0 Å². The summed E-state index contributed by atoms with van der Waals surface area (Å²) in [6, 6.07) is 6.74. The SMILES string of the molecule is CCCN(CC(=O)O)S(=O)(=O)c1cccc2cc(C)cnc12. The maximum absolute atomic E-state index is 12.8. The largest absolute Gasteiger partial charge is 0.480 e. The lowest BCUT2D eigenvalue weighted by Crippen LogP contribution is -2.36. The van der Waals surface area contributed by atoms with Gasteiger partial charge in [-0.25, -0.2) is 8.42 Å². The van der Waals surface area contributed by atoms with Crippen molar-refractivity contribution in [3.05, 3.63) is 36.0 Å². The molecule has 0 aliphatic heterocycles. The number of carboxylic acid groups (broad SMARTS) is 1. The van der Waals surface area contributed by atoms with Crippen LogP contribution in [0.15, 0.2) is 35.4 Å². The standard InChI is InChI=1S/C15H18N2O4S/c1-3-7-17(10-14(18)19)22(20,21)13-6-4-5-12-8-11(2)9-16-15(12)13/h4-6,8-9H,3,7,10H2,1-2H3,(H,18,19). The van der Waals surface area contributed by atoms with Gasteiger partial charge in [0.05, 0.1) is 5.52 Å². The summed E-state index contributed by atoms with van der Waals surface area (Å²) >= 11 is 0. The smallest absolute Gasteiger partial charge is 0.318 e. The van der Waals surface area contributed by atoms with Crippen molar-refractivity contribution in [1.82, 2.24) is 9.29 Å². The highest BCUT2D eigenvalue weighted by atomic mass is 32.2. The first-order valence-electron chi connectivity index (χ1n) is 6.93. The Morgan fingerprint density at radius 3 is 2.73 bits per heavy atom. The summed E-state index contributed by atoms with van der Waals surface area (Å²) in [4.78, 5) is 15.2. The van der Waals surface area contributed by atoms with Gasteiger partial charge in [0.1, 0.15) is 11.4 Å². The number of aliphatic carboxylic acids is 1. The summed E-state index contributed by atoms with van der Waals surface area (Å²) in [7, 11) is -3.91. The molecule has 1 N–H and O–H groups in total. The molecule has 7 heteroatoms. The number of benzene rings is 1. The van der Waals surface area contributed by atoms with Crippen LogP contribution in [0.4, 0.5) is 0 Å². The summed E-state index contributed by atoms with van der Waals surface area (Å²) in [6.07, 6.45) is 2.13. The molecule has 22 heavy (non-hydrogen) atoms. The topological polar surface area (TPSA) is 87.6 Å². The van der Waals surface area contributed by atoms with Crippen LogP contribution in [-0.2, 0) is 14.8 Å². The van der Waals surface area contributed by atoms with Crippen molar-refractivity contribution in [3.8, 4) is 0 Å². The molecule has 0 unspecified atom stereocenters. The third-order valence-electron chi connectivity index (χ3n) is 3.21. The van der Waals surface area contributed by atoms with Gasteiger partial charge in [-0.1, -0.05) is 19.1 Å². The second kappa shape index (κ2) is 6.41. The Hall–Kier alpha value is -1.99. The molecule has 2 rings (SSSR count). The molecule has 0 saturated carbocycles. The number of fused-ring (bicyclic) bond motifs is 1. The summed E-state index contributed by atoms with van der Waals surface area (Å²) in [6.45, 7) is 3.27. The van der Waals surface area contributed by atoms with E-state index in [1.54, 1.807) is 25.3 Å². The van der Waals surface area contributed by atoms with Crippen molar-refractivity contribution < 1.29 is 18.3 Å². The summed E-state index contributed by atoms with van der Waals surface area (Å²) in [5, 5.41) is 9.66. The van der Waals surface area contributed by atoms with E-state index in [0.717, 1.165) is 9.87 Å². The molecule has 0 bridgehead atoms. The molecule has 1 aromatic carbocycles. The van der Waals surface area contributed by atoms with Crippen LogP contribution in [0, 0.1) is 6.92 Å². The fraction of sp³-hybridized carbons (Fsp3) is 0.333. The van der Waals surface area contributed by atoms with Crippen molar-refractivity contribution >= 4 is 26.9 Å². The zero-order valence-electron chi connectivity index (χ0n) is 12.5. The lowest BCUT2D eigenvalue weighted by Gasteiger charge is -2.20. The van der Waals surface area contributed by atoms with E-state index in [0.29, 0.717) is 17.3 Å². The highest BCUT2D eigenvalue weighted by Crippen LogP contribution is 2.24. The number of para-hydroxylation sites is 1. The number of hydrogen-bond donors (Lipinski definition) is 1.